The first-order chi connectivity index (χ1) is 20.9. The van der Waals surface area contributed by atoms with Gasteiger partial charge >= 0.3 is 0 Å². The molecule has 0 fully saturated rings. The molecule has 2 N–H and O–H groups in total. The Bertz CT molecular complexity index is 1690. The number of hydrogen-bond donors (Lipinski definition) is 2. The quantitative estimate of drug-likeness (QED) is 0.197. The standard InChI is InChI=1S/C32H33N5O4S2/c1-34-16-17-40-20-23(41-30-11-10-24(18-22(30)19-33)43(38,39)37-31-35-21-36-42-31)12-14-32-15-13-25(26-6-2-4-8-28(26)32)27-7-3-5-9-29(27)32/h2-11,18,21,23,25,34H,12-17,20H2,1H3,(H,35,36,37). The van der Waals surface area contributed by atoms with Crippen LogP contribution in [-0.2, 0) is 20.2 Å². The van der Waals surface area contributed by atoms with Crippen LogP contribution in [0.3, 0.4) is 0 Å². The number of anilines is 1. The summed E-state index contributed by atoms with van der Waals surface area (Å²) in [5, 5.41) is 13.2. The molecular weight excluding hydrogens is 583 g/mol. The second-order valence-corrected chi connectivity index (χ2v) is 13.4. The molecule has 9 nitrogen and oxygen atoms in total. The largest absolute Gasteiger partial charge is 0.487 e. The van der Waals surface area contributed by atoms with Gasteiger partial charge in [0.25, 0.3) is 10.0 Å². The molecule has 3 aromatic carbocycles. The summed E-state index contributed by atoms with van der Waals surface area (Å²) in [7, 11) is -2.08. The molecule has 1 atom stereocenters. The number of hydrogen-bond acceptors (Lipinski definition) is 9. The molecule has 0 saturated carbocycles. The number of ether oxygens (including phenoxy) is 2. The van der Waals surface area contributed by atoms with Crippen molar-refractivity contribution in [3.05, 3.63) is 101 Å². The summed E-state index contributed by atoms with van der Waals surface area (Å²) in [5.74, 6) is 0.755. The fraction of sp³-hybridized carbons (Fsp3) is 0.344. The molecule has 43 heavy (non-hydrogen) atoms. The van der Waals surface area contributed by atoms with Crippen LogP contribution in [-0.4, -0.2) is 50.7 Å². The smallest absolute Gasteiger partial charge is 0.263 e. The van der Waals surface area contributed by atoms with E-state index in [1.54, 1.807) is 6.07 Å². The average molecular weight is 616 g/mol. The molecule has 1 heterocycles. The minimum atomic E-state index is -3.95. The maximum atomic E-state index is 12.9. The molecular formula is C32H33N5O4S2. The summed E-state index contributed by atoms with van der Waals surface area (Å²) in [5.41, 5.74) is 5.64. The fourth-order valence-electron chi connectivity index (χ4n) is 6.56. The molecule has 0 radical (unpaired) electrons. The maximum absolute atomic E-state index is 12.9. The van der Waals surface area contributed by atoms with E-state index in [0.717, 1.165) is 30.8 Å². The minimum absolute atomic E-state index is 0.0560. The molecule has 1 unspecified atom stereocenters. The zero-order valence-electron chi connectivity index (χ0n) is 23.8. The second-order valence-electron chi connectivity index (χ2n) is 10.9. The number of fused-ring (bicyclic) bond motifs is 1. The first kappa shape index (κ1) is 29.3. The SMILES string of the molecule is CNCCOCC(CCC12CCC(c3ccccc31)c1ccccc12)Oc1ccc(S(=O)(=O)Nc2ncns2)cc1C#N. The summed E-state index contributed by atoms with van der Waals surface area (Å²) >= 11 is 0.930. The summed E-state index contributed by atoms with van der Waals surface area (Å²) in [6, 6.07) is 24.0. The van der Waals surface area contributed by atoms with Crippen LogP contribution in [0, 0.1) is 11.3 Å². The zero-order chi connectivity index (χ0) is 29.9. The number of benzene rings is 3. The van der Waals surface area contributed by atoms with Crippen molar-refractivity contribution in [1.29, 1.82) is 5.26 Å². The van der Waals surface area contributed by atoms with Gasteiger partial charge in [-0.25, -0.2) is 13.4 Å². The van der Waals surface area contributed by atoms with E-state index in [9.17, 15) is 13.7 Å². The highest BCUT2D eigenvalue weighted by molar-refractivity contribution is 7.93. The lowest BCUT2D eigenvalue weighted by atomic mass is 9.54. The second kappa shape index (κ2) is 12.4. The average Bonchev–Trinajstić information content (AvgIpc) is 3.54. The first-order valence-electron chi connectivity index (χ1n) is 14.4. The normalized spacial score (nSPS) is 19.2. The van der Waals surface area contributed by atoms with Crippen LogP contribution in [0.5, 0.6) is 5.75 Å². The molecule has 0 spiro atoms. The van der Waals surface area contributed by atoms with E-state index in [0.29, 0.717) is 37.8 Å². The van der Waals surface area contributed by atoms with E-state index in [-0.39, 0.29) is 27.1 Å². The number of nitriles is 1. The van der Waals surface area contributed by atoms with Crippen LogP contribution in [0.1, 0.15) is 59.4 Å². The highest BCUT2D eigenvalue weighted by Gasteiger charge is 2.47. The summed E-state index contributed by atoms with van der Waals surface area (Å²) in [6.45, 7) is 1.57. The van der Waals surface area contributed by atoms with Crippen LogP contribution in [0.25, 0.3) is 0 Å². The topological polar surface area (TPSA) is 126 Å². The third kappa shape index (κ3) is 5.76. The van der Waals surface area contributed by atoms with Crippen LogP contribution < -0.4 is 14.8 Å². The Labute approximate surface area is 256 Å². The van der Waals surface area contributed by atoms with Gasteiger partial charge in [-0.1, -0.05) is 48.5 Å². The van der Waals surface area contributed by atoms with Gasteiger partial charge in [-0.2, -0.15) is 9.64 Å². The Kier molecular flexibility index (Phi) is 8.45. The van der Waals surface area contributed by atoms with Gasteiger partial charge in [0.05, 0.1) is 23.7 Å². The van der Waals surface area contributed by atoms with Crippen LogP contribution in [0.2, 0.25) is 0 Å². The lowest BCUT2D eigenvalue weighted by Crippen LogP contribution is -2.41. The predicted molar refractivity (Wildman–Crippen MR) is 165 cm³/mol. The predicted octanol–water partition coefficient (Wildman–Crippen LogP) is 5.20. The van der Waals surface area contributed by atoms with Crippen LogP contribution in [0.4, 0.5) is 5.13 Å². The van der Waals surface area contributed by atoms with Gasteiger partial charge in [-0.05, 0) is 73.2 Å². The van der Waals surface area contributed by atoms with Gasteiger partial charge in [0.1, 0.15) is 24.3 Å². The number of nitrogens with one attached hydrogen (secondary N) is 2. The van der Waals surface area contributed by atoms with Crippen molar-refractivity contribution in [2.45, 2.75) is 48.0 Å². The van der Waals surface area contributed by atoms with Gasteiger partial charge < -0.3 is 14.8 Å². The van der Waals surface area contributed by atoms with E-state index < -0.39 is 10.0 Å². The Morgan fingerprint density at radius 2 is 1.86 bits per heavy atom. The Morgan fingerprint density at radius 1 is 1.12 bits per heavy atom. The maximum Gasteiger partial charge on any atom is 0.263 e. The van der Waals surface area contributed by atoms with E-state index in [4.69, 9.17) is 9.47 Å². The molecule has 0 aliphatic heterocycles. The Hall–Kier alpha value is -3.82. The van der Waals surface area contributed by atoms with Crippen molar-refractivity contribution in [3.63, 3.8) is 0 Å². The highest BCUT2D eigenvalue weighted by Crippen LogP contribution is 2.58. The molecule has 7 rings (SSSR count). The van der Waals surface area contributed by atoms with Crippen molar-refractivity contribution >= 4 is 26.7 Å². The van der Waals surface area contributed by atoms with E-state index in [1.165, 1.54) is 40.7 Å². The lowest BCUT2D eigenvalue weighted by Gasteiger charge is -2.50. The van der Waals surface area contributed by atoms with Gasteiger partial charge in [-0.15, -0.1) is 0 Å². The van der Waals surface area contributed by atoms with Gasteiger partial charge in [-0.3, -0.25) is 4.72 Å². The third-order valence-corrected chi connectivity index (χ3v) is 10.6. The van der Waals surface area contributed by atoms with Crippen molar-refractivity contribution in [2.75, 3.05) is 31.5 Å². The van der Waals surface area contributed by atoms with E-state index >= 15 is 0 Å². The van der Waals surface area contributed by atoms with Crippen LogP contribution >= 0.6 is 11.5 Å². The number of nitrogens with zero attached hydrogens (tertiary/aromatic N) is 3. The molecule has 4 aromatic rings. The third-order valence-electron chi connectivity index (χ3n) is 8.51. The first-order valence-corrected chi connectivity index (χ1v) is 16.6. The summed E-state index contributed by atoms with van der Waals surface area (Å²) < 4.78 is 44.5. The Balaban J connectivity index is 1.26. The van der Waals surface area contributed by atoms with E-state index in [2.05, 4.69) is 74.0 Å². The van der Waals surface area contributed by atoms with E-state index in [1.807, 2.05) is 7.05 Å². The molecule has 0 saturated heterocycles. The number of sulfonamides is 1. The lowest BCUT2D eigenvalue weighted by molar-refractivity contribution is 0.0433. The van der Waals surface area contributed by atoms with Crippen molar-refractivity contribution in [2.24, 2.45) is 0 Å². The van der Waals surface area contributed by atoms with Gasteiger partial charge in [0.15, 0.2) is 0 Å². The number of rotatable bonds is 13. The van der Waals surface area contributed by atoms with Crippen molar-refractivity contribution in [3.8, 4) is 11.8 Å². The monoisotopic (exact) mass is 615 g/mol. The van der Waals surface area contributed by atoms with Gasteiger partial charge in [0, 0.05) is 29.4 Å². The number of likely N-dealkylation sites (N-methyl/N-ethyl adjacent to an activating group) is 1. The highest BCUT2D eigenvalue weighted by atomic mass is 32.2. The molecule has 1 aromatic heterocycles. The molecule has 11 heteroatoms. The summed E-state index contributed by atoms with van der Waals surface area (Å²) in [6.07, 6.45) is 4.65. The molecule has 0 amide bonds. The molecule has 222 valence electrons. The number of aromatic nitrogens is 2. The van der Waals surface area contributed by atoms with Crippen molar-refractivity contribution < 1.29 is 17.9 Å². The molecule has 3 aliphatic carbocycles. The Morgan fingerprint density at radius 3 is 2.53 bits per heavy atom. The molecule has 3 aliphatic rings. The van der Waals surface area contributed by atoms with Gasteiger partial charge in [0.2, 0.25) is 5.13 Å². The minimum Gasteiger partial charge on any atom is -0.487 e. The van der Waals surface area contributed by atoms with Crippen molar-refractivity contribution in [1.82, 2.24) is 14.7 Å². The fourth-order valence-corrected chi connectivity index (χ4v) is 8.25. The van der Waals surface area contributed by atoms with Crippen LogP contribution in [0.15, 0.2) is 78.0 Å². The summed E-state index contributed by atoms with van der Waals surface area (Å²) in [4.78, 5) is 3.82. The zero-order valence-corrected chi connectivity index (χ0v) is 25.5. The molecule has 2 bridgehead atoms.